The van der Waals surface area contributed by atoms with Crippen LogP contribution in [0.5, 0.6) is 0 Å². The van der Waals surface area contributed by atoms with Crippen LogP contribution >= 0.6 is 11.3 Å². The molecule has 0 radical (unpaired) electrons. The summed E-state index contributed by atoms with van der Waals surface area (Å²) in [5.41, 5.74) is 3.97. The van der Waals surface area contributed by atoms with Crippen molar-refractivity contribution in [3.63, 3.8) is 0 Å². The molecule has 5 nitrogen and oxygen atoms in total. The molecule has 0 bridgehead atoms. The van der Waals surface area contributed by atoms with Crippen LogP contribution in [0.4, 0.5) is 5.69 Å². The number of guanidine groups is 1. The Bertz CT molecular complexity index is 812. The average molecular weight is 424 g/mol. The van der Waals surface area contributed by atoms with Crippen LogP contribution in [0.3, 0.4) is 0 Å². The maximum Gasteiger partial charge on any atom is 0.191 e. The summed E-state index contributed by atoms with van der Waals surface area (Å²) in [6, 6.07) is 11.5. The molecule has 1 fully saturated rings. The summed E-state index contributed by atoms with van der Waals surface area (Å²) < 4.78 is 0. The van der Waals surface area contributed by atoms with Gasteiger partial charge in [0.2, 0.25) is 0 Å². The molecule has 0 saturated carbocycles. The quantitative estimate of drug-likeness (QED) is 0.403. The Morgan fingerprint density at radius 2 is 1.83 bits per heavy atom. The van der Waals surface area contributed by atoms with E-state index in [9.17, 15) is 0 Å². The second-order valence-corrected chi connectivity index (χ2v) is 8.84. The van der Waals surface area contributed by atoms with Crippen molar-refractivity contribution in [2.24, 2.45) is 4.99 Å². The standard InChI is InChI=1S/C24H33N5S/c1-2-25-24(26-17-20-5-7-23(8-6-20)29-12-3-4-13-29)27-22-9-14-28(15-10-22)18-21-11-16-30-19-21/h3-8,11,16,19,22H,2,9-10,12-15,17-18H2,1H3,(H2,25,26,27). The summed E-state index contributed by atoms with van der Waals surface area (Å²) in [5, 5.41) is 11.5. The molecule has 4 rings (SSSR count). The van der Waals surface area contributed by atoms with E-state index in [1.54, 1.807) is 11.3 Å². The Morgan fingerprint density at radius 3 is 2.50 bits per heavy atom. The lowest BCUT2D eigenvalue weighted by Gasteiger charge is -2.33. The summed E-state index contributed by atoms with van der Waals surface area (Å²) in [5.74, 6) is 0.932. The van der Waals surface area contributed by atoms with E-state index in [1.807, 2.05) is 0 Å². The Kier molecular flexibility index (Phi) is 7.43. The second-order valence-electron chi connectivity index (χ2n) is 8.06. The maximum absolute atomic E-state index is 4.84. The molecule has 2 aromatic rings. The van der Waals surface area contributed by atoms with Crippen molar-refractivity contribution in [3.8, 4) is 0 Å². The number of hydrogen-bond donors (Lipinski definition) is 2. The van der Waals surface area contributed by atoms with Crippen molar-refractivity contribution in [1.29, 1.82) is 0 Å². The molecule has 1 saturated heterocycles. The van der Waals surface area contributed by atoms with Gasteiger partial charge >= 0.3 is 0 Å². The highest BCUT2D eigenvalue weighted by Gasteiger charge is 2.20. The fraction of sp³-hybridized carbons (Fsp3) is 0.458. The van der Waals surface area contributed by atoms with E-state index >= 15 is 0 Å². The molecule has 0 spiro atoms. The molecule has 160 valence electrons. The van der Waals surface area contributed by atoms with Gasteiger partial charge in [-0.15, -0.1) is 0 Å². The summed E-state index contributed by atoms with van der Waals surface area (Å²) in [4.78, 5) is 9.76. The van der Waals surface area contributed by atoms with Crippen LogP contribution in [0.1, 0.15) is 30.9 Å². The largest absolute Gasteiger partial charge is 0.364 e. The van der Waals surface area contributed by atoms with Crippen molar-refractivity contribution < 1.29 is 0 Å². The SMILES string of the molecule is CCNC(=NCc1ccc(N2CC=CC2)cc1)NC1CCN(Cc2ccsc2)CC1. The van der Waals surface area contributed by atoms with Crippen molar-refractivity contribution in [1.82, 2.24) is 15.5 Å². The minimum Gasteiger partial charge on any atom is -0.364 e. The number of nitrogens with zero attached hydrogens (tertiary/aromatic N) is 3. The van der Waals surface area contributed by atoms with E-state index in [1.165, 1.54) is 16.8 Å². The van der Waals surface area contributed by atoms with Gasteiger partial charge in [-0.1, -0.05) is 24.3 Å². The lowest BCUT2D eigenvalue weighted by atomic mass is 10.0. The number of benzene rings is 1. The Balaban J connectivity index is 1.26. The van der Waals surface area contributed by atoms with Crippen molar-refractivity contribution >= 4 is 23.0 Å². The molecule has 1 aromatic carbocycles. The summed E-state index contributed by atoms with van der Waals surface area (Å²) in [6.45, 7) is 9.08. The topological polar surface area (TPSA) is 42.9 Å². The first-order valence-corrected chi connectivity index (χ1v) is 12.0. The number of aliphatic imine (C=N–C) groups is 1. The third-order valence-electron chi connectivity index (χ3n) is 5.80. The zero-order valence-electron chi connectivity index (χ0n) is 17.9. The number of likely N-dealkylation sites (tertiary alicyclic amines) is 1. The van der Waals surface area contributed by atoms with Gasteiger partial charge < -0.3 is 15.5 Å². The highest BCUT2D eigenvalue weighted by Crippen LogP contribution is 2.18. The monoisotopic (exact) mass is 423 g/mol. The van der Waals surface area contributed by atoms with Gasteiger partial charge in [0, 0.05) is 51.0 Å². The van der Waals surface area contributed by atoms with Crippen LogP contribution in [0.15, 0.2) is 58.2 Å². The first-order chi connectivity index (χ1) is 14.8. The molecule has 2 N–H and O–H groups in total. The minimum atomic E-state index is 0.492. The minimum absolute atomic E-state index is 0.492. The van der Waals surface area contributed by atoms with Gasteiger partial charge in [-0.3, -0.25) is 4.90 Å². The molecule has 6 heteroatoms. The number of rotatable bonds is 7. The number of thiophene rings is 1. The van der Waals surface area contributed by atoms with Gasteiger partial charge in [0.1, 0.15) is 0 Å². The predicted molar refractivity (Wildman–Crippen MR) is 128 cm³/mol. The molecule has 0 unspecified atom stereocenters. The smallest absolute Gasteiger partial charge is 0.191 e. The summed E-state index contributed by atoms with van der Waals surface area (Å²) >= 11 is 1.79. The van der Waals surface area contributed by atoms with Gasteiger partial charge in [0.25, 0.3) is 0 Å². The van der Waals surface area contributed by atoms with Crippen LogP contribution in [0.25, 0.3) is 0 Å². The van der Waals surface area contributed by atoms with Gasteiger partial charge in [0.05, 0.1) is 6.54 Å². The number of piperidine rings is 1. The van der Waals surface area contributed by atoms with E-state index < -0.39 is 0 Å². The molecule has 1 aromatic heterocycles. The number of nitrogens with one attached hydrogen (secondary N) is 2. The van der Waals surface area contributed by atoms with Crippen molar-refractivity contribution in [2.75, 3.05) is 37.6 Å². The Labute approximate surface area is 184 Å². The fourth-order valence-corrected chi connectivity index (χ4v) is 4.72. The zero-order chi connectivity index (χ0) is 20.6. The zero-order valence-corrected chi connectivity index (χ0v) is 18.7. The Hall–Kier alpha value is -2.31. The molecule has 0 atom stereocenters. The molecular weight excluding hydrogens is 390 g/mol. The van der Waals surface area contributed by atoms with Crippen LogP contribution < -0.4 is 15.5 Å². The predicted octanol–water partition coefficient (Wildman–Crippen LogP) is 3.84. The first-order valence-electron chi connectivity index (χ1n) is 11.1. The van der Waals surface area contributed by atoms with Gasteiger partial charge in [0.15, 0.2) is 5.96 Å². The van der Waals surface area contributed by atoms with Crippen LogP contribution in [0.2, 0.25) is 0 Å². The van der Waals surface area contributed by atoms with Gasteiger partial charge in [-0.25, -0.2) is 4.99 Å². The van der Waals surface area contributed by atoms with Crippen LogP contribution in [-0.2, 0) is 13.1 Å². The molecule has 3 heterocycles. The normalized spacial score (nSPS) is 18.2. The highest BCUT2D eigenvalue weighted by molar-refractivity contribution is 7.07. The molecular formula is C24H33N5S. The van der Waals surface area contributed by atoms with Gasteiger partial charge in [-0.05, 0) is 59.9 Å². The van der Waals surface area contributed by atoms with E-state index in [0.717, 1.165) is 58.1 Å². The first kappa shape index (κ1) is 20.9. The fourth-order valence-electron chi connectivity index (χ4n) is 4.06. The van der Waals surface area contributed by atoms with Crippen molar-refractivity contribution in [2.45, 2.75) is 38.9 Å². The van der Waals surface area contributed by atoms with E-state index in [4.69, 9.17) is 4.99 Å². The lowest BCUT2D eigenvalue weighted by Crippen LogP contribution is -2.48. The van der Waals surface area contributed by atoms with E-state index in [2.05, 4.69) is 80.6 Å². The third-order valence-corrected chi connectivity index (χ3v) is 6.53. The number of anilines is 1. The average Bonchev–Trinajstić information content (AvgIpc) is 3.48. The van der Waals surface area contributed by atoms with Crippen molar-refractivity contribution in [3.05, 3.63) is 64.4 Å². The van der Waals surface area contributed by atoms with Crippen LogP contribution in [0, 0.1) is 0 Å². The summed E-state index contributed by atoms with van der Waals surface area (Å²) in [6.07, 6.45) is 6.76. The Morgan fingerprint density at radius 1 is 1.07 bits per heavy atom. The molecule has 30 heavy (non-hydrogen) atoms. The van der Waals surface area contributed by atoms with E-state index in [0.29, 0.717) is 12.6 Å². The van der Waals surface area contributed by atoms with E-state index in [-0.39, 0.29) is 0 Å². The lowest BCUT2D eigenvalue weighted by molar-refractivity contribution is 0.198. The number of hydrogen-bond acceptors (Lipinski definition) is 4. The summed E-state index contributed by atoms with van der Waals surface area (Å²) in [7, 11) is 0. The maximum atomic E-state index is 4.84. The van der Waals surface area contributed by atoms with Crippen LogP contribution in [-0.4, -0.2) is 49.6 Å². The third kappa shape index (κ3) is 5.86. The molecule has 0 aliphatic carbocycles. The second kappa shape index (κ2) is 10.6. The van der Waals surface area contributed by atoms with Gasteiger partial charge in [-0.2, -0.15) is 11.3 Å². The highest BCUT2D eigenvalue weighted by atomic mass is 32.1. The molecule has 2 aliphatic heterocycles. The molecule has 0 amide bonds. The molecule has 2 aliphatic rings.